The van der Waals surface area contributed by atoms with E-state index in [0.717, 1.165) is 0 Å². The fraction of sp³-hybridized carbons (Fsp3) is 0. The third kappa shape index (κ3) is 3.13. The molecule has 2 heterocycles. The standard InChI is InChI=1S/C20H13N3O5S/c24-17(12-5-2-1-3-6-12)15-16(13-7-4-8-14(11-13)23(27)28)22(19(26)18(15)25)20-21-9-10-29-20/h1-11,25-26H. The van der Waals surface area contributed by atoms with Gasteiger partial charge < -0.3 is 10.2 Å². The molecule has 0 aliphatic carbocycles. The van der Waals surface area contributed by atoms with Gasteiger partial charge in [-0.15, -0.1) is 11.3 Å². The van der Waals surface area contributed by atoms with Crippen molar-refractivity contribution in [3.05, 3.63) is 87.4 Å². The van der Waals surface area contributed by atoms with Crippen molar-refractivity contribution in [2.24, 2.45) is 0 Å². The van der Waals surface area contributed by atoms with E-state index in [1.54, 1.807) is 41.8 Å². The summed E-state index contributed by atoms with van der Waals surface area (Å²) in [6.45, 7) is 0. The van der Waals surface area contributed by atoms with Gasteiger partial charge >= 0.3 is 0 Å². The minimum Gasteiger partial charge on any atom is -0.503 e. The van der Waals surface area contributed by atoms with E-state index in [2.05, 4.69) is 4.98 Å². The molecule has 4 aromatic rings. The van der Waals surface area contributed by atoms with Gasteiger partial charge in [0.2, 0.25) is 5.88 Å². The monoisotopic (exact) mass is 407 g/mol. The van der Waals surface area contributed by atoms with Crippen LogP contribution in [-0.2, 0) is 0 Å². The first kappa shape index (κ1) is 18.4. The smallest absolute Gasteiger partial charge is 0.270 e. The third-order valence-corrected chi connectivity index (χ3v) is 5.08. The summed E-state index contributed by atoms with van der Waals surface area (Å²) in [6.07, 6.45) is 1.51. The van der Waals surface area contributed by atoms with Crippen LogP contribution < -0.4 is 0 Å². The maximum Gasteiger partial charge on any atom is 0.270 e. The molecule has 0 radical (unpaired) electrons. The van der Waals surface area contributed by atoms with Crippen molar-refractivity contribution in [1.82, 2.24) is 9.55 Å². The van der Waals surface area contributed by atoms with Crippen LogP contribution in [0.15, 0.2) is 66.2 Å². The van der Waals surface area contributed by atoms with Crippen LogP contribution in [0.1, 0.15) is 15.9 Å². The summed E-state index contributed by atoms with van der Waals surface area (Å²) in [4.78, 5) is 28.0. The van der Waals surface area contributed by atoms with Crippen molar-refractivity contribution in [2.75, 3.05) is 0 Å². The maximum absolute atomic E-state index is 13.2. The summed E-state index contributed by atoms with van der Waals surface area (Å²) in [5.41, 5.74) is 0.346. The van der Waals surface area contributed by atoms with Crippen molar-refractivity contribution in [1.29, 1.82) is 0 Å². The van der Waals surface area contributed by atoms with E-state index in [-0.39, 0.29) is 22.5 Å². The molecular formula is C20H13N3O5S. The number of nitrogens with zero attached hydrogens (tertiary/aromatic N) is 3. The molecule has 0 aliphatic rings. The molecule has 0 amide bonds. The molecule has 0 aliphatic heterocycles. The van der Waals surface area contributed by atoms with Gasteiger partial charge in [-0.25, -0.2) is 4.98 Å². The first-order valence-electron chi connectivity index (χ1n) is 8.40. The zero-order valence-electron chi connectivity index (χ0n) is 14.7. The second-order valence-corrected chi connectivity index (χ2v) is 6.92. The molecule has 144 valence electrons. The Hall–Kier alpha value is -3.98. The van der Waals surface area contributed by atoms with E-state index in [1.165, 1.54) is 40.3 Å². The van der Waals surface area contributed by atoms with E-state index in [9.17, 15) is 25.1 Å². The van der Waals surface area contributed by atoms with Gasteiger partial charge in [0.15, 0.2) is 16.7 Å². The first-order valence-corrected chi connectivity index (χ1v) is 9.28. The number of carbonyl (C=O) groups excluding carboxylic acids is 1. The molecule has 0 saturated carbocycles. The number of aromatic hydroxyl groups is 2. The van der Waals surface area contributed by atoms with Crippen molar-refractivity contribution >= 4 is 22.8 Å². The average Bonchev–Trinajstić information content (AvgIpc) is 3.35. The number of aromatic nitrogens is 2. The Morgan fingerprint density at radius 2 is 1.86 bits per heavy atom. The van der Waals surface area contributed by atoms with Gasteiger partial charge in [0.25, 0.3) is 5.69 Å². The lowest BCUT2D eigenvalue weighted by molar-refractivity contribution is -0.384. The second kappa shape index (κ2) is 7.21. The van der Waals surface area contributed by atoms with Gasteiger partial charge in [-0.3, -0.25) is 19.5 Å². The Labute approximate surface area is 168 Å². The molecule has 0 saturated heterocycles. The molecule has 29 heavy (non-hydrogen) atoms. The number of ketones is 1. The minimum atomic E-state index is -0.615. The molecule has 0 unspecified atom stereocenters. The predicted molar refractivity (Wildman–Crippen MR) is 107 cm³/mol. The van der Waals surface area contributed by atoms with Crippen LogP contribution in [0.25, 0.3) is 16.4 Å². The Kier molecular flexibility index (Phi) is 4.57. The molecule has 2 N–H and O–H groups in total. The van der Waals surface area contributed by atoms with Gasteiger partial charge in [0, 0.05) is 34.8 Å². The van der Waals surface area contributed by atoms with Crippen molar-refractivity contribution < 1.29 is 19.9 Å². The minimum absolute atomic E-state index is 0.118. The SMILES string of the molecule is O=C(c1ccccc1)c1c(O)c(O)n(-c2nccs2)c1-c1cccc([N+](=O)[O-])c1. The summed E-state index contributed by atoms with van der Waals surface area (Å²) in [5.74, 6) is -1.72. The maximum atomic E-state index is 13.2. The van der Waals surface area contributed by atoms with Gasteiger partial charge in [-0.1, -0.05) is 42.5 Å². The lowest BCUT2D eigenvalue weighted by Gasteiger charge is -2.09. The van der Waals surface area contributed by atoms with Crippen LogP contribution in [-0.4, -0.2) is 30.5 Å². The Morgan fingerprint density at radius 3 is 2.52 bits per heavy atom. The van der Waals surface area contributed by atoms with Crippen molar-refractivity contribution in [3.8, 4) is 28.0 Å². The zero-order chi connectivity index (χ0) is 20.5. The number of thiazole rings is 1. The molecule has 0 bridgehead atoms. The number of benzene rings is 2. The molecule has 0 fully saturated rings. The van der Waals surface area contributed by atoms with Gasteiger partial charge in [-0.05, 0) is 0 Å². The highest BCUT2D eigenvalue weighted by atomic mass is 32.1. The number of carbonyl (C=O) groups is 1. The van der Waals surface area contributed by atoms with Gasteiger partial charge in [0.1, 0.15) is 0 Å². The number of non-ortho nitro benzene ring substituents is 1. The lowest BCUT2D eigenvalue weighted by atomic mass is 9.99. The first-order chi connectivity index (χ1) is 14.0. The molecule has 0 spiro atoms. The van der Waals surface area contributed by atoms with Gasteiger partial charge in [-0.2, -0.15) is 0 Å². The van der Waals surface area contributed by atoms with Gasteiger partial charge in [0.05, 0.1) is 16.2 Å². The van der Waals surface area contributed by atoms with Crippen LogP contribution in [0.2, 0.25) is 0 Å². The Morgan fingerprint density at radius 1 is 1.10 bits per heavy atom. The summed E-state index contributed by atoms with van der Waals surface area (Å²) in [7, 11) is 0. The normalized spacial score (nSPS) is 10.8. The Bertz CT molecular complexity index is 1220. The number of hydrogen-bond acceptors (Lipinski definition) is 7. The summed E-state index contributed by atoms with van der Waals surface area (Å²) in [5, 5.41) is 34.4. The van der Waals surface area contributed by atoms with E-state index in [4.69, 9.17) is 0 Å². The van der Waals surface area contributed by atoms with E-state index in [0.29, 0.717) is 10.7 Å². The number of nitro groups is 1. The molecule has 2 aromatic heterocycles. The van der Waals surface area contributed by atoms with Crippen LogP contribution in [0.4, 0.5) is 5.69 Å². The fourth-order valence-electron chi connectivity index (χ4n) is 3.05. The van der Waals surface area contributed by atoms with E-state index in [1.807, 2.05) is 0 Å². The van der Waals surface area contributed by atoms with E-state index < -0.39 is 22.3 Å². The molecule has 0 atom stereocenters. The van der Waals surface area contributed by atoms with Crippen molar-refractivity contribution in [3.63, 3.8) is 0 Å². The number of rotatable bonds is 5. The van der Waals surface area contributed by atoms with Crippen LogP contribution in [0.3, 0.4) is 0 Å². The molecule has 8 nitrogen and oxygen atoms in total. The average molecular weight is 407 g/mol. The van der Waals surface area contributed by atoms with Crippen LogP contribution in [0, 0.1) is 10.1 Å². The third-order valence-electron chi connectivity index (χ3n) is 4.32. The summed E-state index contributed by atoms with van der Waals surface area (Å²) >= 11 is 1.17. The van der Waals surface area contributed by atoms with Crippen molar-refractivity contribution in [2.45, 2.75) is 0 Å². The van der Waals surface area contributed by atoms with E-state index >= 15 is 0 Å². The lowest BCUT2D eigenvalue weighted by Crippen LogP contribution is -2.05. The summed E-state index contributed by atoms with van der Waals surface area (Å²) in [6, 6.07) is 13.9. The molecule has 4 rings (SSSR count). The van der Waals surface area contributed by atoms with Crippen LogP contribution >= 0.6 is 11.3 Å². The molecule has 2 aromatic carbocycles. The number of hydrogen-bond donors (Lipinski definition) is 2. The fourth-order valence-corrected chi connectivity index (χ4v) is 3.70. The largest absolute Gasteiger partial charge is 0.503 e. The highest BCUT2D eigenvalue weighted by Crippen LogP contribution is 2.44. The topological polar surface area (TPSA) is 118 Å². The quantitative estimate of drug-likeness (QED) is 0.291. The van der Waals surface area contributed by atoms with Crippen LogP contribution in [0.5, 0.6) is 11.6 Å². The second-order valence-electron chi connectivity index (χ2n) is 6.05. The molecular weight excluding hydrogens is 394 g/mol. The highest BCUT2D eigenvalue weighted by molar-refractivity contribution is 7.12. The highest BCUT2D eigenvalue weighted by Gasteiger charge is 2.31. The zero-order valence-corrected chi connectivity index (χ0v) is 15.5. The molecule has 9 heteroatoms. The predicted octanol–water partition coefficient (Wildman–Crippen LogP) is 4.15. The Balaban J connectivity index is 2.04. The number of nitro benzene ring substituents is 1. The summed E-state index contributed by atoms with van der Waals surface area (Å²) < 4.78 is 1.22.